The minimum atomic E-state index is 1.03. The maximum atomic E-state index is 3.74. The van der Waals surface area contributed by atoms with Crippen molar-refractivity contribution in [3.63, 3.8) is 0 Å². The molecule has 0 unspecified atom stereocenters. The lowest BCUT2D eigenvalue weighted by Gasteiger charge is -1.84. The van der Waals surface area contributed by atoms with Crippen molar-refractivity contribution in [2.45, 2.75) is 26.2 Å². The molecule has 0 nitrogen and oxygen atoms in total. The fourth-order valence-electron chi connectivity index (χ4n) is 0.479. The molecule has 0 radical (unpaired) electrons. The van der Waals surface area contributed by atoms with E-state index in [1.165, 1.54) is 12.8 Å². The monoisotopic (exact) mass is 109 g/mol. The molecular weight excluding hydrogens is 96.1 g/mol. The molecule has 0 aliphatic heterocycles. The Labute approximate surface area is 51.9 Å². The maximum absolute atomic E-state index is 3.74. The van der Waals surface area contributed by atoms with E-state index in [9.17, 15) is 0 Å². The van der Waals surface area contributed by atoms with Gasteiger partial charge in [-0.2, -0.15) is 0 Å². The average Bonchev–Trinajstić information content (AvgIpc) is 1.83. The van der Waals surface area contributed by atoms with Crippen LogP contribution in [-0.2, 0) is 0 Å². The van der Waals surface area contributed by atoms with Crippen molar-refractivity contribution in [3.05, 3.63) is 24.8 Å². The Hall–Kier alpha value is -0.610. The van der Waals surface area contributed by atoms with Crippen LogP contribution in [0.25, 0.3) is 0 Å². The van der Waals surface area contributed by atoms with Gasteiger partial charge in [0.25, 0.3) is 0 Å². The van der Waals surface area contributed by atoms with Crippen LogP contribution in [-0.4, -0.2) is 0 Å². The van der Waals surface area contributed by atoms with Gasteiger partial charge in [-0.05, 0) is 6.42 Å². The summed E-state index contributed by atoms with van der Waals surface area (Å²) in [7, 11) is 0. The third-order valence-corrected chi connectivity index (χ3v) is 1.08. The lowest BCUT2D eigenvalue weighted by Crippen LogP contribution is -1.73. The van der Waals surface area contributed by atoms with E-state index in [0.717, 1.165) is 12.0 Å². The summed E-state index contributed by atoms with van der Waals surface area (Å²) in [5.41, 5.74) is 3.79. The first-order valence-electron chi connectivity index (χ1n) is 3.02. The smallest absolute Gasteiger partial charge is 0.0654 e. The van der Waals surface area contributed by atoms with E-state index in [1.807, 2.05) is 0 Å². The van der Waals surface area contributed by atoms with Crippen molar-refractivity contribution in [1.82, 2.24) is 0 Å². The van der Waals surface area contributed by atoms with Crippen LogP contribution in [0.15, 0.2) is 17.9 Å². The summed E-state index contributed by atoms with van der Waals surface area (Å²) in [6, 6.07) is 0. The van der Waals surface area contributed by atoms with E-state index >= 15 is 0 Å². The summed E-state index contributed by atoms with van der Waals surface area (Å²) >= 11 is 0. The van der Waals surface area contributed by atoms with Crippen molar-refractivity contribution in [2.75, 3.05) is 0 Å². The molecule has 0 aliphatic rings. The van der Waals surface area contributed by atoms with Gasteiger partial charge in [0.15, 0.2) is 5.57 Å². The zero-order valence-corrected chi connectivity index (χ0v) is 5.54. The molecule has 0 aromatic heterocycles. The first kappa shape index (κ1) is 7.39. The van der Waals surface area contributed by atoms with Crippen molar-refractivity contribution in [2.24, 2.45) is 0 Å². The first-order valence-corrected chi connectivity index (χ1v) is 3.02. The standard InChI is InChI=1S/C8H13/c1-4-6-7-8(3)5-2/h2-4,6-7H2,1H3/q+1. The molecule has 0 saturated carbocycles. The SMILES string of the molecule is C=C=C([CH2+])CCCC. The Kier molecular flexibility index (Phi) is 4.20. The Morgan fingerprint density at radius 1 is 1.75 bits per heavy atom. The highest BCUT2D eigenvalue weighted by molar-refractivity contribution is 5.01. The quantitative estimate of drug-likeness (QED) is 0.386. The van der Waals surface area contributed by atoms with Crippen LogP contribution in [0.4, 0.5) is 0 Å². The lowest BCUT2D eigenvalue weighted by atomic mass is 10.1. The number of unbranched alkanes of at least 4 members (excludes halogenated alkanes) is 1. The van der Waals surface area contributed by atoms with Crippen LogP contribution in [0.5, 0.6) is 0 Å². The second kappa shape index (κ2) is 4.55. The summed E-state index contributed by atoms with van der Waals surface area (Å²) in [4.78, 5) is 0. The predicted molar refractivity (Wildman–Crippen MR) is 37.5 cm³/mol. The van der Waals surface area contributed by atoms with Crippen LogP contribution >= 0.6 is 0 Å². The van der Waals surface area contributed by atoms with E-state index in [0.29, 0.717) is 0 Å². The average molecular weight is 109 g/mol. The number of allylic oxidation sites excluding steroid dienone is 1. The largest absolute Gasteiger partial charge is 0.164 e. The van der Waals surface area contributed by atoms with E-state index in [-0.39, 0.29) is 0 Å². The Balaban J connectivity index is 3.26. The topological polar surface area (TPSA) is 0 Å². The van der Waals surface area contributed by atoms with Crippen molar-refractivity contribution >= 4 is 0 Å². The van der Waals surface area contributed by atoms with Gasteiger partial charge in [-0.15, -0.1) is 0 Å². The highest BCUT2D eigenvalue weighted by Crippen LogP contribution is 2.02. The Morgan fingerprint density at radius 3 is 2.75 bits per heavy atom. The first-order chi connectivity index (χ1) is 3.81. The second-order valence-electron chi connectivity index (χ2n) is 1.88. The van der Waals surface area contributed by atoms with Gasteiger partial charge in [-0.3, -0.25) is 0 Å². The molecule has 0 heteroatoms. The Morgan fingerprint density at radius 2 is 2.38 bits per heavy atom. The van der Waals surface area contributed by atoms with Crippen LogP contribution in [0, 0.1) is 6.92 Å². The van der Waals surface area contributed by atoms with Gasteiger partial charge in [0.2, 0.25) is 0 Å². The third kappa shape index (κ3) is 3.58. The van der Waals surface area contributed by atoms with Gasteiger partial charge in [-0.25, -0.2) is 0 Å². The van der Waals surface area contributed by atoms with Crippen LogP contribution in [0.1, 0.15) is 26.2 Å². The summed E-state index contributed by atoms with van der Waals surface area (Å²) < 4.78 is 0. The molecule has 0 N–H and O–H groups in total. The van der Waals surface area contributed by atoms with Crippen LogP contribution in [0.2, 0.25) is 0 Å². The zero-order chi connectivity index (χ0) is 6.41. The van der Waals surface area contributed by atoms with Gasteiger partial charge < -0.3 is 0 Å². The minimum Gasteiger partial charge on any atom is -0.0654 e. The van der Waals surface area contributed by atoms with Gasteiger partial charge >= 0.3 is 0 Å². The van der Waals surface area contributed by atoms with Gasteiger partial charge in [0.05, 0.1) is 5.73 Å². The van der Waals surface area contributed by atoms with Gasteiger partial charge in [0.1, 0.15) is 0 Å². The second-order valence-corrected chi connectivity index (χ2v) is 1.88. The lowest BCUT2D eigenvalue weighted by molar-refractivity contribution is 0.798. The third-order valence-electron chi connectivity index (χ3n) is 1.08. The summed E-state index contributed by atoms with van der Waals surface area (Å²) in [6.45, 7) is 9.39. The van der Waals surface area contributed by atoms with Crippen LogP contribution < -0.4 is 0 Å². The molecule has 0 aromatic rings. The molecule has 0 fully saturated rings. The van der Waals surface area contributed by atoms with Gasteiger partial charge in [-0.1, -0.05) is 13.3 Å². The molecule has 0 aliphatic carbocycles. The van der Waals surface area contributed by atoms with E-state index in [4.69, 9.17) is 0 Å². The van der Waals surface area contributed by atoms with E-state index in [2.05, 4.69) is 26.2 Å². The summed E-state index contributed by atoms with van der Waals surface area (Å²) in [5, 5.41) is 0. The molecule has 0 heterocycles. The molecule has 0 aromatic carbocycles. The molecule has 0 amide bonds. The number of hydrogen-bond acceptors (Lipinski definition) is 0. The Bertz CT molecular complexity index is 94.6. The predicted octanol–water partition coefficient (Wildman–Crippen LogP) is 2.72. The number of rotatable bonds is 3. The fraction of sp³-hybridized carbons (Fsp3) is 0.500. The summed E-state index contributed by atoms with van der Waals surface area (Å²) in [6.07, 6.45) is 3.49. The molecule has 0 bridgehead atoms. The van der Waals surface area contributed by atoms with E-state index < -0.39 is 0 Å². The van der Waals surface area contributed by atoms with E-state index in [1.54, 1.807) is 0 Å². The normalized spacial score (nSPS) is 8.12. The minimum absolute atomic E-state index is 1.03. The molecule has 0 spiro atoms. The highest BCUT2D eigenvalue weighted by atomic mass is 13.9. The molecule has 8 heavy (non-hydrogen) atoms. The summed E-state index contributed by atoms with van der Waals surface area (Å²) in [5.74, 6) is 0. The molecule has 0 saturated heterocycles. The van der Waals surface area contributed by atoms with Gasteiger partial charge in [0, 0.05) is 19.9 Å². The molecule has 0 rings (SSSR count). The zero-order valence-electron chi connectivity index (χ0n) is 5.54. The molecule has 44 valence electrons. The molecule has 0 atom stereocenters. The molecular formula is C8H13+. The number of hydrogen-bond donors (Lipinski definition) is 0. The maximum Gasteiger partial charge on any atom is 0.164 e. The van der Waals surface area contributed by atoms with Crippen molar-refractivity contribution in [1.29, 1.82) is 0 Å². The van der Waals surface area contributed by atoms with Crippen molar-refractivity contribution < 1.29 is 0 Å². The van der Waals surface area contributed by atoms with Crippen LogP contribution in [0.3, 0.4) is 0 Å². The highest BCUT2D eigenvalue weighted by Gasteiger charge is 1.92. The van der Waals surface area contributed by atoms with Crippen molar-refractivity contribution in [3.8, 4) is 0 Å². The fourth-order valence-corrected chi connectivity index (χ4v) is 0.479.